The number of fused-ring (bicyclic) bond motifs is 1. The van der Waals surface area contributed by atoms with E-state index in [0.29, 0.717) is 18.1 Å². The molecule has 1 atom stereocenters. The third-order valence-corrected chi connectivity index (χ3v) is 8.67. The number of rotatable bonds is 7. The Morgan fingerprint density at radius 3 is 2.57 bits per heavy atom. The van der Waals surface area contributed by atoms with E-state index >= 15 is 0 Å². The SMILES string of the molecule is CCCNC(=O)CN1C(=O)CS[C@H](c2sccc2C)c2c(-c3ccccc3)nn(-c3ccc(F)cc3)c21. The second-order valence-corrected chi connectivity index (χ2v) is 10.9. The Morgan fingerprint density at radius 1 is 1.14 bits per heavy atom. The molecule has 1 N–H and O–H groups in total. The number of hydrogen-bond acceptors (Lipinski definition) is 5. The van der Waals surface area contributed by atoms with Gasteiger partial charge in [-0.3, -0.25) is 14.5 Å². The molecule has 0 aliphatic carbocycles. The van der Waals surface area contributed by atoms with Crippen LogP contribution in [0.4, 0.5) is 10.2 Å². The molecule has 190 valence electrons. The van der Waals surface area contributed by atoms with Crippen molar-refractivity contribution in [3.8, 4) is 16.9 Å². The van der Waals surface area contributed by atoms with E-state index in [1.54, 1.807) is 44.8 Å². The lowest BCUT2D eigenvalue weighted by atomic mass is 10.0. The average molecular weight is 535 g/mol. The zero-order valence-electron chi connectivity index (χ0n) is 20.6. The molecule has 1 aliphatic rings. The van der Waals surface area contributed by atoms with Crippen molar-refractivity contribution in [1.29, 1.82) is 0 Å². The predicted octanol–water partition coefficient (Wildman–Crippen LogP) is 5.74. The average Bonchev–Trinajstić information content (AvgIpc) is 3.48. The molecule has 5 rings (SSSR count). The normalized spacial score (nSPS) is 15.4. The molecule has 4 aromatic rings. The summed E-state index contributed by atoms with van der Waals surface area (Å²) in [5.74, 6) is 0.00210. The zero-order chi connectivity index (χ0) is 25.9. The van der Waals surface area contributed by atoms with E-state index < -0.39 is 0 Å². The largest absolute Gasteiger partial charge is 0.355 e. The maximum Gasteiger partial charge on any atom is 0.240 e. The monoisotopic (exact) mass is 534 g/mol. The summed E-state index contributed by atoms with van der Waals surface area (Å²) in [4.78, 5) is 29.2. The number of aromatic nitrogens is 2. The molecule has 1 aliphatic heterocycles. The van der Waals surface area contributed by atoms with Crippen LogP contribution in [-0.2, 0) is 9.59 Å². The second-order valence-electron chi connectivity index (χ2n) is 8.83. The fourth-order valence-electron chi connectivity index (χ4n) is 4.41. The number of carbonyl (C=O) groups is 2. The number of anilines is 1. The Morgan fingerprint density at radius 2 is 1.89 bits per heavy atom. The van der Waals surface area contributed by atoms with Crippen LogP contribution in [-0.4, -0.2) is 40.4 Å². The minimum absolute atomic E-state index is 0.121. The molecule has 37 heavy (non-hydrogen) atoms. The van der Waals surface area contributed by atoms with Gasteiger partial charge in [0, 0.05) is 22.5 Å². The van der Waals surface area contributed by atoms with Crippen molar-refractivity contribution < 1.29 is 14.0 Å². The molecule has 0 bridgehead atoms. The van der Waals surface area contributed by atoms with Crippen molar-refractivity contribution in [1.82, 2.24) is 15.1 Å². The van der Waals surface area contributed by atoms with Gasteiger partial charge in [-0.25, -0.2) is 9.07 Å². The van der Waals surface area contributed by atoms with Gasteiger partial charge in [-0.15, -0.1) is 23.1 Å². The van der Waals surface area contributed by atoms with Crippen molar-refractivity contribution >= 4 is 40.7 Å². The van der Waals surface area contributed by atoms with Crippen molar-refractivity contribution in [3.05, 3.63) is 87.9 Å². The highest BCUT2D eigenvalue weighted by atomic mass is 32.2. The molecule has 0 saturated carbocycles. The smallest absolute Gasteiger partial charge is 0.240 e. The molecule has 0 radical (unpaired) electrons. The van der Waals surface area contributed by atoms with Crippen LogP contribution in [0.5, 0.6) is 0 Å². The maximum atomic E-state index is 13.8. The minimum atomic E-state index is -0.361. The van der Waals surface area contributed by atoms with Crippen LogP contribution in [0, 0.1) is 12.7 Å². The Balaban J connectivity index is 1.78. The van der Waals surface area contributed by atoms with Crippen LogP contribution in [0.1, 0.15) is 34.6 Å². The molecule has 0 unspecified atom stereocenters. The van der Waals surface area contributed by atoms with Crippen LogP contribution in [0.25, 0.3) is 16.9 Å². The zero-order valence-corrected chi connectivity index (χ0v) is 22.2. The number of nitrogens with one attached hydrogen (secondary N) is 1. The first-order chi connectivity index (χ1) is 18.0. The summed E-state index contributed by atoms with van der Waals surface area (Å²) in [6.07, 6.45) is 0.798. The summed E-state index contributed by atoms with van der Waals surface area (Å²) in [6, 6.07) is 17.9. The molecule has 2 amide bonds. The highest BCUT2D eigenvalue weighted by molar-refractivity contribution is 8.00. The van der Waals surface area contributed by atoms with Gasteiger partial charge in [0.05, 0.1) is 22.4 Å². The van der Waals surface area contributed by atoms with Gasteiger partial charge in [0.15, 0.2) is 0 Å². The lowest BCUT2D eigenvalue weighted by molar-refractivity contribution is -0.122. The van der Waals surface area contributed by atoms with E-state index in [2.05, 4.69) is 23.7 Å². The van der Waals surface area contributed by atoms with E-state index in [-0.39, 0.29) is 35.2 Å². The number of benzene rings is 2. The van der Waals surface area contributed by atoms with Gasteiger partial charge in [0.25, 0.3) is 0 Å². The van der Waals surface area contributed by atoms with Crippen molar-refractivity contribution in [2.45, 2.75) is 25.5 Å². The second kappa shape index (κ2) is 10.9. The van der Waals surface area contributed by atoms with E-state index in [4.69, 9.17) is 5.10 Å². The highest BCUT2D eigenvalue weighted by Crippen LogP contribution is 2.50. The number of halogens is 1. The molecule has 0 spiro atoms. The van der Waals surface area contributed by atoms with Gasteiger partial charge < -0.3 is 5.32 Å². The summed E-state index contributed by atoms with van der Waals surface area (Å²) < 4.78 is 15.5. The van der Waals surface area contributed by atoms with Crippen molar-refractivity contribution in [3.63, 3.8) is 0 Å². The molecular formula is C28H27FN4O2S2. The van der Waals surface area contributed by atoms with Gasteiger partial charge in [-0.2, -0.15) is 5.10 Å². The van der Waals surface area contributed by atoms with Crippen LogP contribution in [0.3, 0.4) is 0 Å². The number of amides is 2. The van der Waals surface area contributed by atoms with Gasteiger partial charge in [-0.1, -0.05) is 37.3 Å². The third-order valence-electron chi connectivity index (χ3n) is 6.22. The lowest BCUT2D eigenvalue weighted by Gasteiger charge is -2.23. The van der Waals surface area contributed by atoms with Crippen LogP contribution in [0.2, 0.25) is 0 Å². The Labute approximate surface area is 223 Å². The topological polar surface area (TPSA) is 67.2 Å². The number of aryl methyl sites for hydroxylation is 1. The van der Waals surface area contributed by atoms with E-state index in [9.17, 15) is 14.0 Å². The van der Waals surface area contributed by atoms with E-state index in [1.165, 1.54) is 12.1 Å². The van der Waals surface area contributed by atoms with Crippen molar-refractivity contribution in [2.24, 2.45) is 0 Å². The summed E-state index contributed by atoms with van der Waals surface area (Å²) in [6.45, 7) is 4.47. The first kappa shape index (κ1) is 25.2. The summed E-state index contributed by atoms with van der Waals surface area (Å²) >= 11 is 3.20. The molecular weight excluding hydrogens is 507 g/mol. The molecule has 0 saturated heterocycles. The molecule has 9 heteroatoms. The quantitative estimate of drug-likeness (QED) is 0.328. The van der Waals surface area contributed by atoms with E-state index in [1.807, 2.05) is 37.3 Å². The molecule has 6 nitrogen and oxygen atoms in total. The van der Waals surface area contributed by atoms with Gasteiger partial charge in [0.1, 0.15) is 18.2 Å². The molecule has 0 fully saturated rings. The molecule has 2 aromatic carbocycles. The Kier molecular flexibility index (Phi) is 7.43. The first-order valence-electron chi connectivity index (χ1n) is 12.1. The van der Waals surface area contributed by atoms with Crippen LogP contribution < -0.4 is 10.2 Å². The summed E-state index contributed by atoms with van der Waals surface area (Å²) in [5.41, 5.74) is 4.27. The number of thioether (sulfide) groups is 1. The van der Waals surface area contributed by atoms with E-state index in [0.717, 1.165) is 33.7 Å². The number of hydrogen-bond donors (Lipinski definition) is 1. The van der Waals surface area contributed by atoms with Crippen molar-refractivity contribution in [2.75, 3.05) is 23.7 Å². The third kappa shape index (κ3) is 5.06. The first-order valence-corrected chi connectivity index (χ1v) is 14.1. The lowest BCUT2D eigenvalue weighted by Crippen LogP contribution is -2.42. The van der Waals surface area contributed by atoms with Crippen LogP contribution in [0.15, 0.2) is 66.0 Å². The Bertz CT molecular complexity index is 1420. The molecule has 3 heterocycles. The number of thiophene rings is 1. The summed E-state index contributed by atoms with van der Waals surface area (Å²) in [5, 5.41) is 9.79. The van der Waals surface area contributed by atoms with Gasteiger partial charge >= 0.3 is 0 Å². The highest BCUT2D eigenvalue weighted by Gasteiger charge is 2.38. The van der Waals surface area contributed by atoms with Crippen LogP contribution >= 0.6 is 23.1 Å². The Hall–Kier alpha value is -3.43. The standard InChI is InChI=1S/C28H27FN4O2S2/c1-3-14-30-22(34)16-32-23(35)17-37-27(26-18(2)13-15-36-26)24-25(19-7-5-4-6-8-19)31-33(28(24)32)21-11-9-20(29)10-12-21/h4-13,15,27H,3,14,16-17H2,1-2H3,(H,30,34)/t27-/m0/s1. The number of carbonyl (C=O) groups excluding carboxylic acids is 2. The van der Waals surface area contributed by atoms with Gasteiger partial charge in [-0.05, 0) is 54.6 Å². The van der Waals surface area contributed by atoms with Gasteiger partial charge in [0.2, 0.25) is 11.8 Å². The fraction of sp³-hybridized carbons (Fsp3) is 0.250. The molecule has 2 aromatic heterocycles. The maximum absolute atomic E-state index is 13.8. The minimum Gasteiger partial charge on any atom is -0.355 e. The predicted molar refractivity (Wildman–Crippen MR) is 148 cm³/mol. The number of nitrogens with zero attached hydrogens (tertiary/aromatic N) is 3. The summed E-state index contributed by atoms with van der Waals surface area (Å²) in [7, 11) is 0. The fourth-order valence-corrected chi connectivity index (χ4v) is 6.89.